The van der Waals surface area contributed by atoms with Gasteiger partial charge in [-0.15, -0.1) is 10.2 Å². The molecule has 0 unspecified atom stereocenters. The van der Waals surface area contributed by atoms with E-state index in [0.29, 0.717) is 31.1 Å². The number of rotatable bonds is 6. The molecule has 0 aliphatic heterocycles. The summed E-state index contributed by atoms with van der Waals surface area (Å²) in [6.45, 7) is 1.49. The summed E-state index contributed by atoms with van der Waals surface area (Å²) >= 11 is 6.04. The van der Waals surface area contributed by atoms with Gasteiger partial charge in [-0.25, -0.2) is 4.68 Å². The number of nitrogens with zero attached hydrogens (tertiary/aromatic N) is 6. The molecule has 0 aliphatic carbocycles. The molecule has 0 radical (unpaired) electrons. The summed E-state index contributed by atoms with van der Waals surface area (Å²) in [6, 6.07) is 0. The maximum Gasteiger partial charge on any atom is 0.287 e. The monoisotopic (exact) mass is 298 g/mol. The molecule has 2 N–H and O–H groups in total. The van der Waals surface area contributed by atoms with Crippen molar-refractivity contribution in [1.29, 1.82) is 0 Å². The third-order valence-electron chi connectivity index (χ3n) is 2.57. The Kier molecular flexibility index (Phi) is 4.64. The first-order valence-electron chi connectivity index (χ1n) is 5.94. The van der Waals surface area contributed by atoms with Gasteiger partial charge in [-0.1, -0.05) is 16.8 Å². The molecule has 0 aliphatic rings. The minimum Gasteiger partial charge on any atom is -0.375 e. The van der Waals surface area contributed by atoms with Gasteiger partial charge in [0.2, 0.25) is 0 Å². The first-order chi connectivity index (χ1) is 9.58. The van der Waals surface area contributed by atoms with Crippen LogP contribution in [0.2, 0.25) is 5.02 Å². The summed E-state index contributed by atoms with van der Waals surface area (Å²) in [5, 5.41) is 20.5. The van der Waals surface area contributed by atoms with Gasteiger partial charge in [-0.05, 0) is 14.1 Å². The smallest absolute Gasteiger partial charge is 0.287 e. The zero-order valence-corrected chi connectivity index (χ0v) is 11.9. The van der Waals surface area contributed by atoms with E-state index in [4.69, 9.17) is 11.6 Å². The van der Waals surface area contributed by atoms with Crippen LogP contribution in [0.25, 0.3) is 0 Å². The highest BCUT2D eigenvalue weighted by Gasteiger charge is 2.10. The predicted octanol–water partition coefficient (Wildman–Crippen LogP) is -0.416. The Bertz CT molecular complexity index is 608. The average molecular weight is 299 g/mol. The molecular formula is C10H15ClN8O. The number of aromatic nitrogens is 6. The van der Waals surface area contributed by atoms with Gasteiger partial charge in [-0.2, -0.15) is 10.3 Å². The Morgan fingerprint density at radius 2 is 2.30 bits per heavy atom. The van der Waals surface area contributed by atoms with Crippen LogP contribution in [0, 0.1) is 0 Å². The van der Waals surface area contributed by atoms with Crippen LogP contribution in [-0.4, -0.2) is 55.9 Å². The van der Waals surface area contributed by atoms with Crippen molar-refractivity contribution in [1.82, 2.24) is 35.3 Å². The Balaban J connectivity index is 2.08. The molecule has 0 atom stereocenters. The second-order valence-corrected chi connectivity index (χ2v) is 4.76. The topological polar surface area (TPSA) is 105 Å². The molecule has 10 heteroatoms. The summed E-state index contributed by atoms with van der Waals surface area (Å²) in [5.41, 5.74) is 0.120. The Labute approximate surface area is 119 Å². The minimum atomic E-state index is -0.327. The number of anilines is 1. The highest BCUT2D eigenvalue weighted by molar-refractivity contribution is 6.32. The first kappa shape index (κ1) is 14.4. The molecule has 0 spiro atoms. The van der Waals surface area contributed by atoms with Crippen LogP contribution in [0.3, 0.4) is 0 Å². The van der Waals surface area contributed by atoms with E-state index >= 15 is 0 Å². The molecular weight excluding hydrogens is 284 g/mol. The van der Waals surface area contributed by atoms with E-state index in [1.165, 1.54) is 10.9 Å². The van der Waals surface area contributed by atoms with Gasteiger partial charge >= 0.3 is 0 Å². The van der Waals surface area contributed by atoms with Crippen LogP contribution in [0.4, 0.5) is 5.69 Å². The van der Waals surface area contributed by atoms with Crippen LogP contribution >= 0.6 is 11.6 Å². The van der Waals surface area contributed by atoms with Gasteiger partial charge in [0.1, 0.15) is 5.02 Å². The lowest BCUT2D eigenvalue weighted by molar-refractivity contribution is 0.367. The quantitative estimate of drug-likeness (QED) is 0.746. The lowest BCUT2D eigenvalue weighted by Crippen LogP contribution is -2.29. The second-order valence-electron chi connectivity index (χ2n) is 4.39. The standard InChI is InChI=1S/C10H15ClN8O/c1-18(2)3-4-19-10(20)9(11)7(5-13-19)12-6-8-14-16-17-15-8/h5,12H,3-4,6H2,1-2H3,(H,14,15,16,17). The molecule has 0 amide bonds. The zero-order valence-electron chi connectivity index (χ0n) is 11.2. The van der Waals surface area contributed by atoms with Crippen molar-refractivity contribution < 1.29 is 0 Å². The number of nitrogens with one attached hydrogen (secondary N) is 2. The maximum absolute atomic E-state index is 12.0. The van der Waals surface area contributed by atoms with E-state index in [-0.39, 0.29) is 10.6 Å². The lowest BCUT2D eigenvalue weighted by Gasteiger charge is -2.12. The van der Waals surface area contributed by atoms with Crippen molar-refractivity contribution in [3.05, 3.63) is 27.4 Å². The summed E-state index contributed by atoms with van der Waals surface area (Å²) in [4.78, 5) is 14.0. The Morgan fingerprint density at radius 3 is 2.95 bits per heavy atom. The number of likely N-dealkylation sites (N-methyl/N-ethyl adjacent to an activating group) is 1. The van der Waals surface area contributed by atoms with Crippen molar-refractivity contribution in [3.63, 3.8) is 0 Å². The van der Waals surface area contributed by atoms with Gasteiger partial charge in [-0.3, -0.25) is 4.79 Å². The van der Waals surface area contributed by atoms with Crippen molar-refractivity contribution in [3.8, 4) is 0 Å². The van der Waals surface area contributed by atoms with Gasteiger partial charge < -0.3 is 10.2 Å². The van der Waals surface area contributed by atoms with Gasteiger partial charge in [0, 0.05) is 6.54 Å². The van der Waals surface area contributed by atoms with Crippen molar-refractivity contribution in [2.24, 2.45) is 0 Å². The normalized spacial score (nSPS) is 11.0. The van der Waals surface area contributed by atoms with E-state index in [1.807, 2.05) is 19.0 Å². The van der Waals surface area contributed by atoms with Crippen molar-refractivity contribution >= 4 is 17.3 Å². The van der Waals surface area contributed by atoms with Gasteiger partial charge in [0.25, 0.3) is 5.56 Å². The molecule has 9 nitrogen and oxygen atoms in total. The maximum atomic E-state index is 12.0. The van der Waals surface area contributed by atoms with Crippen LogP contribution < -0.4 is 10.9 Å². The Morgan fingerprint density at radius 1 is 1.50 bits per heavy atom. The summed E-state index contributed by atoms with van der Waals surface area (Å²) in [7, 11) is 3.85. The second kappa shape index (κ2) is 6.44. The largest absolute Gasteiger partial charge is 0.375 e. The number of hydrogen-bond acceptors (Lipinski definition) is 7. The summed E-state index contributed by atoms with van der Waals surface area (Å²) < 4.78 is 1.34. The van der Waals surface area contributed by atoms with Crippen molar-refractivity contribution in [2.75, 3.05) is 26.0 Å². The zero-order chi connectivity index (χ0) is 14.5. The molecule has 20 heavy (non-hydrogen) atoms. The molecule has 2 heterocycles. The van der Waals surface area contributed by atoms with E-state index in [2.05, 4.69) is 31.0 Å². The summed E-state index contributed by atoms with van der Waals surface area (Å²) in [5.74, 6) is 0.470. The predicted molar refractivity (Wildman–Crippen MR) is 73.6 cm³/mol. The third-order valence-corrected chi connectivity index (χ3v) is 2.94. The number of hydrogen-bond donors (Lipinski definition) is 2. The van der Waals surface area contributed by atoms with Crippen LogP contribution in [0.1, 0.15) is 5.82 Å². The van der Waals surface area contributed by atoms with Crippen molar-refractivity contribution in [2.45, 2.75) is 13.1 Å². The lowest BCUT2D eigenvalue weighted by atomic mass is 10.4. The third kappa shape index (κ3) is 3.52. The van der Waals surface area contributed by atoms with Crippen LogP contribution in [0.5, 0.6) is 0 Å². The van der Waals surface area contributed by atoms with E-state index < -0.39 is 0 Å². The van der Waals surface area contributed by atoms with E-state index in [9.17, 15) is 4.79 Å². The number of tetrazole rings is 1. The fourth-order valence-electron chi connectivity index (χ4n) is 1.47. The van der Waals surface area contributed by atoms with Gasteiger partial charge in [0.05, 0.1) is 25.0 Å². The number of aromatic amines is 1. The van der Waals surface area contributed by atoms with E-state index in [1.54, 1.807) is 0 Å². The molecule has 0 bridgehead atoms. The molecule has 0 aromatic carbocycles. The van der Waals surface area contributed by atoms with Gasteiger partial charge in [0.15, 0.2) is 5.82 Å². The Hall–Kier alpha value is -2.00. The molecule has 2 aromatic heterocycles. The van der Waals surface area contributed by atoms with E-state index in [0.717, 1.165) is 0 Å². The number of H-pyrrole nitrogens is 1. The highest BCUT2D eigenvalue weighted by Crippen LogP contribution is 2.15. The fourth-order valence-corrected chi connectivity index (χ4v) is 1.69. The van der Waals surface area contributed by atoms with Crippen LogP contribution in [-0.2, 0) is 13.1 Å². The molecule has 0 fully saturated rings. The molecule has 0 saturated carbocycles. The molecule has 2 rings (SSSR count). The minimum absolute atomic E-state index is 0.0993. The SMILES string of the molecule is CN(C)CCn1ncc(NCc2nn[nH]n2)c(Cl)c1=O. The number of halogens is 1. The summed E-state index contributed by atoms with van der Waals surface area (Å²) in [6.07, 6.45) is 1.51. The first-order valence-corrected chi connectivity index (χ1v) is 6.32. The fraction of sp³-hybridized carbons (Fsp3) is 0.500. The highest BCUT2D eigenvalue weighted by atomic mass is 35.5. The molecule has 2 aromatic rings. The average Bonchev–Trinajstić information content (AvgIpc) is 2.92. The molecule has 108 valence electrons. The molecule has 0 saturated heterocycles. The van der Waals surface area contributed by atoms with Crippen LogP contribution in [0.15, 0.2) is 11.0 Å².